The molecule has 0 aliphatic rings. The van der Waals surface area contributed by atoms with Gasteiger partial charge in [0.2, 0.25) is 0 Å². The zero-order valence-corrected chi connectivity index (χ0v) is 12.9. The average Bonchev–Trinajstić information content (AvgIpc) is 2.38. The Balaban J connectivity index is 2.62. The first kappa shape index (κ1) is 17.3. The molecular formula is C12H12BrClN2O5. The van der Waals surface area contributed by atoms with Crippen molar-refractivity contribution in [1.29, 1.82) is 0 Å². The van der Waals surface area contributed by atoms with Gasteiger partial charge in [-0.1, -0.05) is 11.6 Å². The molecule has 0 aliphatic heterocycles. The van der Waals surface area contributed by atoms with Crippen LogP contribution in [0.4, 0.5) is 10.5 Å². The van der Waals surface area contributed by atoms with Crippen LogP contribution in [0.25, 0.3) is 0 Å². The minimum atomic E-state index is -1.30. The summed E-state index contributed by atoms with van der Waals surface area (Å²) in [4.78, 5) is 33.1. The number of nitrogens with one attached hydrogen (secondary N) is 2. The fourth-order valence-electron chi connectivity index (χ4n) is 1.42. The molecule has 0 aliphatic carbocycles. The molecule has 7 nitrogen and oxygen atoms in total. The second kappa shape index (κ2) is 7.84. The van der Waals surface area contributed by atoms with Gasteiger partial charge in [0.25, 0.3) is 0 Å². The highest BCUT2D eigenvalue weighted by Crippen LogP contribution is 2.25. The average molecular weight is 380 g/mol. The Labute approximate surface area is 133 Å². The molecule has 4 N–H and O–H groups in total. The van der Waals surface area contributed by atoms with Crippen LogP contribution >= 0.6 is 27.5 Å². The lowest BCUT2D eigenvalue weighted by atomic mass is 10.1. The van der Waals surface area contributed by atoms with E-state index in [-0.39, 0.29) is 12.8 Å². The predicted octanol–water partition coefficient (Wildman–Crippen LogP) is 2.54. The minimum absolute atomic E-state index is 0.206. The molecule has 114 valence electrons. The van der Waals surface area contributed by atoms with Crippen LogP contribution in [0, 0.1) is 0 Å². The number of aliphatic carboxylic acids is 2. The maximum atomic E-state index is 11.7. The molecule has 0 spiro atoms. The zero-order chi connectivity index (χ0) is 16.0. The number of amides is 2. The van der Waals surface area contributed by atoms with Crippen molar-refractivity contribution in [3.63, 3.8) is 0 Å². The number of carbonyl (C=O) groups excluding carboxylic acids is 1. The molecule has 21 heavy (non-hydrogen) atoms. The van der Waals surface area contributed by atoms with E-state index in [4.69, 9.17) is 21.8 Å². The van der Waals surface area contributed by atoms with Crippen LogP contribution in [0.15, 0.2) is 22.7 Å². The molecule has 1 aromatic carbocycles. The minimum Gasteiger partial charge on any atom is -0.481 e. The number of rotatable bonds is 6. The summed E-state index contributed by atoms with van der Waals surface area (Å²) in [6.45, 7) is 0. The molecule has 0 unspecified atom stereocenters. The number of carboxylic acid groups (broad SMARTS) is 2. The number of benzene rings is 1. The summed E-state index contributed by atoms with van der Waals surface area (Å²) in [6.07, 6.45) is -0.563. The Hall–Kier alpha value is -1.80. The molecule has 0 saturated carbocycles. The third kappa shape index (κ3) is 6.01. The van der Waals surface area contributed by atoms with Crippen molar-refractivity contribution in [1.82, 2.24) is 5.32 Å². The van der Waals surface area contributed by atoms with E-state index >= 15 is 0 Å². The first-order valence-corrected chi connectivity index (χ1v) is 6.94. The number of carboxylic acids is 2. The quantitative estimate of drug-likeness (QED) is 0.606. The normalized spacial score (nSPS) is 11.5. The maximum absolute atomic E-state index is 11.7. The largest absolute Gasteiger partial charge is 0.481 e. The molecule has 2 amide bonds. The molecule has 1 rings (SSSR count). The first-order valence-electron chi connectivity index (χ1n) is 5.76. The van der Waals surface area contributed by atoms with Gasteiger partial charge in [0, 0.05) is 16.6 Å². The van der Waals surface area contributed by atoms with Gasteiger partial charge < -0.3 is 20.8 Å². The van der Waals surface area contributed by atoms with Crippen LogP contribution in [0.3, 0.4) is 0 Å². The molecule has 0 fully saturated rings. The van der Waals surface area contributed by atoms with Crippen molar-refractivity contribution in [2.75, 3.05) is 5.32 Å². The molecule has 0 radical (unpaired) electrons. The number of hydrogen-bond donors (Lipinski definition) is 4. The van der Waals surface area contributed by atoms with Crippen LogP contribution in [-0.4, -0.2) is 34.2 Å². The van der Waals surface area contributed by atoms with Gasteiger partial charge in [-0.2, -0.15) is 0 Å². The van der Waals surface area contributed by atoms with Gasteiger partial charge in [0.05, 0.1) is 5.02 Å². The summed E-state index contributed by atoms with van der Waals surface area (Å²) in [5, 5.41) is 22.5. The highest BCUT2D eigenvalue weighted by atomic mass is 79.9. The van der Waals surface area contributed by atoms with Crippen LogP contribution in [-0.2, 0) is 9.59 Å². The molecule has 0 saturated heterocycles. The van der Waals surface area contributed by atoms with Crippen LogP contribution in [0.5, 0.6) is 0 Å². The van der Waals surface area contributed by atoms with Gasteiger partial charge in [0.1, 0.15) is 6.04 Å². The highest BCUT2D eigenvalue weighted by Gasteiger charge is 2.20. The lowest BCUT2D eigenvalue weighted by molar-refractivity contribution is -0.140. The van der Waals surface area contributed by atoms with Crippen molar-refractivity contribution >= 4 is 51.2 Å². The number of hydrogen-bond acceptors (Lipinski definition) is 3. The molecular weight excluding hydrogens is 367 g/mol. The van der Waals surface area contributed by atoms with Gasteiger partial charge in [-0.25, -0.2) is 9.59 Å². The van der Waals surface area contributed by atoms with Gasteiger partial charge in [0.15, 0.2) is 0 Å². The van der Waals surface area contributed by atoms with E-state index in [1.165, 1.54) is 0 Å². The molecule has 0 bridgehead atoms. The Morgan fingerprint density at radius 2 is 1.95 bits per heavy atom. The van der Waals surface area contributed by atoms with Crippen molar-refractivity contribution in [2.45, 2.75) is 18.9 Å². The van der Waals surface area contributed by atoms with Crippen molar-refractivity contribution in [3.8, 4) is 0 Å². The molecule has 0 heterocycles. The Kier molecular flexibility index (Phi) is 6.44. The second-order valence-electron chi connectivity index (χ2n) is 4.05. The van der Waals surface area contributed by atoms with E-state index in [9.17, 15) is 14.4 Å². The number of carbonyl (C=O) groups is 3. The van der Waals surface area contributed by atoms with Gasteiger partial charge in [-0.3, -0.25) is 4.79 Å². The molecule has 1 aromatic rings. The van der Waals surface area contributed by atoms with Crippen LogP contribution in [0.1, 0.15) is 12.8 Å². The number of anilines is 1. The van der Waals surface area contributed by atoms with Crippen LogP contribution in [0.2, 0.25) is 5.02 Å². The SMILES string of the molecule is O=C(O)CC[C@H](NC(=O)Nc1ccc(Cl)c(Br)c1)C(=O)O. The predicted molar refractivity (Wildman–Crippen MR) is 79.6 cm³/mol. The zero-order valence-electron chi connectivity index (χ0n) is 10.6. The standard InChI is InChI=1S/C12H12BrClN2O5/c13-7-5-6(1-2-8(7)14)15-12(21)16-9(11(19)20)3-4-10(17)18/h1-2,5,9H,3-4H2,(H,17,18)(H,19,20)(H2,15,16,21)/t9-/m0/s1. The van der Waals surface area contributed by atoms with Crippen molar-refractivity contribution < 1.29 is 24.6 Å². The van der Waals surface area contributed by atoms with Gasteiger partial charge in [-0.15, -0.1) is 0 Å². The van der Waals surface area contributed by atoms with E-state index in [1.54, 1.807) is 18.2 Å². The fourth-order valence-corrected chi connectivity index (χ4v) is 1.92. The first-order chi connectivity index (χ1) is 9.79. The van der Waals surface area contributed by atoms with E-state index in [2.05, 4.69) is 26.6 Å². The topological polar surface area (TPSA) is 116 Å². The summed E-state index contributed by atoms with van der Waals surface area (Å²) in [5.74, 6) is -2.44. The van der Waals surface area contributed by atoms with E-state index in [1.807, 2.05) is 0 Å². The Bertz CT molecular complexity index is 567. The molecule has 0 aromatic heterocycles. The molecule has 9 heteroatoms. The summed E-state index contributed by atoms with van der Waals surface area (Å²) in [6, 6.07) is 2.62. The third-order valence-corrected chi connectivity index (χ3v) is 3.64. The lowest BCUT2D eigenvalue weighted by Crippen LogP contribution is -2.43. The Morgan fingerprint density at radius 3 is 2.48 bits per heavy atom. The van der Waals surface area contributed by atoms with E-state index in [0.717, 1.165) is 0 Å². The second-order valence-corrected chi connectivity index (χ2v) is 5.31. The van der Waals surface area contributed by atoms with Crippen molar-refractivity contribution in [3.05, 3.63) is 27.7 Å². The number of halogens is 2. The molecule has 1 atom stereocenters. The fraction of sp³-hybridized carbons (Fsp3) is 0.250. The van der Waals surface area contributed by atoms with Crippen LogP contribution < -0.4 is 10.6 Å². The smallest absolute Gasteiger partial charge is 0.326 e. The summed E-state index contributed by atoms with van der Waals surface area (Å²) in [5.41, 5.74) is 0.408. The maximum Gasteiger partial charge on any atom is 0.326 e. The summed E-state index contributed by atoms with van der Waals surface area (Å²) in [7, 11) is 0. The summed E-state index contributed by atoms with van der Waals surface area (Å²) >= 11 is 8.99. The monoisotopic (exact) mass is 378 g/mol. The van der Waals surface area contributed by atoms with Gasteiger partial charge >= 0.3 is 18.0 Å². The van der Waals surface area contributed by atoms with E-state index < -0.39 is 24.0 Å². The number of urea groups is 1. The highest BCUT2D eigenvalue weighted by molar-refractivity contribution is 9.10. The Morgan fingerprint density at radius 1 is 1.29 bits per heavy atom. The van der Waals surface area contributed by atoms with Gasteiger partial charge in [-0.05, 0) is 40.5 Å². The third-order valence-electron chi connectivity index (χ3n) is 2.43. The summed E-state index contributed by atoms with van der Waals surface area (Å²) < 4.78 is 0.572. The van der Waals surface area contributed by atoms with E-state index in [0.29, 0.717) is 15.2 Å². The van der Waals surface area contributed by atoms with Crippen molar-refractivity contribution in [2.24, 2.45) is 0 Å². The lowest BCUT2D eigenvalue weighted by Gasteiger charge is -2.14.